The summed E-state index contributed by atoms with van der Waals surface area (Å²) in [5.74, 6) is 3.12. The molecular formula is C11H18OSi. The Hall–Kier alpha value is -0.523. The first kappa shape index (κ1) is 10.6. The van der Waals surface area contributed by atoms with E-state index in [9.17, 15) is 5.11 Å². The Balaban J connectivity index is 2.49. The van der Waals surface area contributed by atoms with Crippen molar-refractivity contribution in [2.24, 2.45) is 0 Å². The maximum atomic E-state index is 9.91. The summed E-state index contributed by atoms with van der Waals surface area (Å²) >= 11 is 0. The quantitative estimate of drug-likeness (QED) is 0.386. The van der Waals surface area contributed by atoms with Crippen molar-refractivity contribution in [2.45, 2.75) is 44.5 Å². The van der Waals surface area contributed by atoms with Crippen molar-refractivity contribution in [3.63, 3.8) is 0 Å². The van der Waals surface area contributed by atoms with Gasteiger partial charge in [0.05, 0.1) is 5.60 Å². The van der Waals surface area contributed by atoms with Gasteiger partial charge < -0.3 is 5.11 Å². The van der Waals surface area contributed by atoms with Crippen molar-refractivity contribution in [1.82, 2.24) is 0 Å². The molecule has 1 atom stereocenters. The van der Waals surface area contributed by atoms with Crippen LogP contribution in [0.1, 0.15) is 19.3 Å². The fourth-order valence-electron chi connectivity index (χ4n) is 1.33. The van der Waals surface area contributed by atoms with Gasteiger partial charge in [-0.15, -0.1) is 11.5 Å². The van der Waals surface area contributed by atoms with Gasteiger partial charge in [0, 0.05) is 6.42 Å². The zero-order valence-corrected chi connectivity index (χ0v) is 9.72. The zero-order valence-electron chi connectivity index (χ0n) is 8.72. The second-order valence-corrected chi connectivity index (χ2v) is 9.52. The Labute approximate surface area is 81.9 Å². The minimum absolute atomic E-state index is 0.605. The lowest BCUT2D eigenvalue weighted by Gasteiger charge is -2.16. The van der Waals surface area contributed by atoms with Crippen molar-refractivity contribution in [3.05, 3.63) is 12.2 Å². The van der Waals surface area contributed by atoms with E-state index >= 15 is 0 Å². The molecule has 0 aromatic carbocycles. The molecule has 13 heavy (non-hydrogen) atoms. The highest BCUT2D eigenvalue weighted by Crippen LogP contribution is 2.25. The van der Waals surface area contributed by atoms with E-state index < -0.39 is 13.7 Å². The van der Waals surface area contributed by atoms with Crippen LogP contribution in [0.4, 0.5) is 0 Å². The number of allylic oxidation sites excluding steroid dienone is 1. The molecule has 0 spiro atoms. The Kier molecular flexibility index (Phi) is 3.00. The molecule has 0 aromatic heterocycles. The molecule has 1 unspecified atom stereocenters. The molecule has 0 aromatic rings. The lowest BCUT2D eigenvalue weighted by atomic mass is 10.0. The molecule has 0 radical (unpaired) electrons. The minimum Gasteiger partial charge on any atom is -0.385 e. The summed E-state index contributed by atoms with van der Waals surface area (Å²) < 4.78 is 0. The maximum absolute atomic E-state index is 9.91. The maximum Gasteiger partial charge on any atom is 0.129 e. The highest BCUT2D eigenvalue weighted by Gasteiger charge is 2.25. The fraction of sp³-hybridized carbons (Fsp3) is 0.636. The third-order valence-electron chi connectivity index (χ3n) is 2.03. The van der Waals surface area contributed by atoms with E-state index in [4.69, 9.17) is 0 Å². The van der Waals surface area contributed by atoms with Crippen molar-refractivity contribution in [2.75, 3.05) is 0 Å². The molecule has 0 fully saturated rings. The van der Waals surface area contributed by atoms with E-state index in [0.29, 0.717) is 6.42 Å². The van der Waals surface area contributed by atoms with Crippen molar-refractivity contribution in [3.8, 4) is 11.5 Å². The van der Waals surface area contributed by atoms with E-state index in [1.807, 2.05) is 12.2 Å². The van der Waals surface area contributed by atoms with E-state index in [2.05, 4.69) is 31.1 Å². The Morgan fingerprint density at radius 3 is 2.62 bits per heavy atom. The lowest BCUT2D eigenvalue weighted by Crippen LogP contribution is -2.22. The van der Waals surface area contributed by atoms with Gasteiger partial charge in [-0.05, 0) is 12.8 Å². The van der Waals surface area contributed by atoms with Crippen LogP contribution in [-0.4, -0.2) is 18.8 Å². The SMILES string of the molecule is C[Si](C)(C)C#CCC1(O)C=CCC1. The largest absolute Gasteiger partial charge is 0.385 e. The van der Waals surface area contributed by atoms with E-state index in [-0.39, 0.29) is 0 Å². The number of rotatable bonds is 1. The van der Waals surface area contributed by atoms with Crippen LogP contribution < -0.4 is 0 Å². The summed E-state index contributed by atoms with van der Waals surface area (Å²) in [5.41, 5.74) is 2.65. The topological polar surface area (TPSA) is 20.2 Å². The molecule has 1 aliphatic rings. The fourth-order valence-corrected chi connectivity index (χ4v) is 1.95. The molecule has 1 nitrogen and oxygen atoms in total. The van der Waals surface area contributed by atoms with Crippen molar-refractivity contribution >= 4 is 8.07 Å². The van der Waals surface area contributed by atoms with Crippen molar-refractivity contribution < 1.29 is 5.11 Å². The van der Waals surface area contributed by atoms with Gasteiger partial charge in [0.15, 0.2) is 0 Å². The Morgan fingerprint density at radius 1 is 1.46 bits per heavy atom. The van der Waals surface area contributed by atoms with Gasteiger partial charge in [-0.25, -0.2) is 0 Å². The lowest BCUT2D eigenvalue weighted by molar-refractivity contribution is 0.0966. The van der Waals surface area contributed by atoms with Crippen LogP contribution in [-0.2, 0) is 0 Å². The monoisotopic (exact) mass is 194 g/mol. The first-order valence-corrected chi connectivity index (χ1v) is 8.31. The molecule has 72 valence electrons. The molecular weight excluding hydrogens is 176 g/mol. The molecule has 1 aliphatic carbocycles. The predicted octanol–water partition coefficient (Wildman–Crippen LogP) is 2.34. The molecule has 2 heteroatoms. The summed E-state index contributed by atoms with van der Waals surface area (Å²) in [6.45, 7) is 6.65. The molecule has 0 saturated heterocycles. The van der Waals surface area contributed by atoms with Gasteiger partial charge >= 0.3 is 0 Å². The van der Waals surface area contributed by atoms with Crippen molar-refractivity contribution in [1.29, 1.82) is 0 Å². The van der Waals surface area contributed by atoms with Gasteiger partial charge in [0.25, 0.3) is 0 Å². The van der Waals surface area contributed by atoms with Gasteiger partial charge in [0.2, 0.25) is 0 Å². The smallest absolute Gasteiger partial charge is 0.129 e. The molecule has 0 heterocycles. The Morgan fingerprint density at radius 2 is 2.15 bits per heavy atom. The summed E-state index contributed by atoms with van der Waals surface area (Å²) in [7, 11) is -1.26. The molecule has 1 N–H and O–H groups in total. The Bertz CT molecular complexity index is 264. The highest BCUT2D eigenvalue weighted by molar-refractivity contribution is 6.83. The molecule has 0 aliphatic heterocycles. The summed E-state index contributed by atoms with van der Waals surface area (Å²) in [6, 6.07) is 0. The van der Waals surface area contributed by atoms with Crippen LogP contribution in [0.15, 0.2) is 12.2 Å². The normalized spacial score (nSPS) is 27.1. The standard InChI is InChI=1S/C11H18OSi/c1-13(2,3)10-6-9-11(12)7-4-5-8-11/h4,7,12H,5,8-9H2,1-3H3. The van der Waals surface area contributed by atoms with Crippen LogP contribution in [0, 0.1) is 11.5 Å². The molecule has 0 saturated carbocycles. The predicted molar refractivity (Wildman–Crippen MR) is 59.1 cm³/mol. The van der Waals surface area contributed by atoms with E-state index in [1.54, 1.807) is 0 Å². The molecule has 1 rings (SSSR count). The minimum atomic E-state index is -1.26. The van der Waals surface area contributed by atoms with Crippen LogP contribution >= 0.6 is 0 Å². The third kappa shape index (κ3) is 3.80. The first-order valence-electron chi connectivity index (χ1n) is 4.81. The van der Waals surface area contributed by atoms with Gasteiger partial charge in [-0.2, -0.15) is 0 Å². The number of hydrogen-bond acceptors (Lipinski definition) is 1. The molecule has 0 bridgehead atoms. The highest BCUT2D eigenvalue weighted by atomic mass is 28.3. The number of hydrogen-bond donors (Lipinski definition) is 1. The molecule has 0 amide bonds. The summed E-state index contributed by atoms with van der Waals surface area (Å²) in [5, 5.41) is 9.91. The second kappa shape index (κ2) is 3.69. The average molecular weight is 194 g/mol. The zero-order chi connectivity index (χ0) is 9.95. The van der Waals surface area contributed by atoms with Gasteiger partial charge in [-0.3, -0.25) is 0 Å². The van der Waals surface area contributed by atoms with Crippen LogP contribution in [0.5, 0.6) is 0 Å². The van der Waals surface area contributed by atoms with Crippen LogP contribution in [0.2, 0.25) is 19.6 Å². The van der Waals surface area contributed by atoms with Crippen LogP contribution in [0.3, 0.4) is 0 Å². The summed E-state index contributed by atoms with van der Waals surface area (Å²) in [6.07, 6.45) is 6.37. The number of aliphatic hydroxyl groups is 1. The average Bonchev–Trinajstić information content (AvgIpc) is 2.33. The van der Waals surface area contributed by atoms with E-state index in [0.717, 1.165) is 12.8 Å². The van der Waals surface area contributed by atoms with Crippen LogP contribution in [0.25, 0.3) is 0 Å². The second-order valence-electron chi connectivity index (χ2n) is 4.77. The van der Waals surface area contributed by atoms with Gasteiger partial charge in [-0.1, -0.05) is 31.8 Å². The first-order chi connectivity index (χ1) is 5.91. The van der Waals surface area contributed by atoms with Gasteiger partial charge in [0.1, 0.15) is 8.07 Å². The third-order valence-corrected chi connectivity index (χ3v) is 2.96. The summed E-state index contributed by atoms with van der Waals surface area (Å²) in [4.78, 5) is 0. The van der Waals surface area contributed by atoms with E-state index in [1.165, 1.54) is 0 Å².